The first-order valence-corrected chi connectivity index (χ1v) is 4.61. The third kappa shape index (κ3) is 2.69. The van der Waals surface area contributed by atoms with Crippen LogP contribution in [-0.4, -0.2) is 17.7 Å². The summed E-state index contributed by atoms with van der Waals surface area (Å²) in [4.78, 5) is 21.4. The van der Waals surface area contributed by atoms with E-state index in [4.69, 9.17) is 0 Å². The van der Waals surface area contributed by atoms with Gasteiger partial charge >= 0.3 is 5.97 Å². The van der Waals surface area contributed by atoms with Gasteiger partial charge in [0.2, 0.25) is 0 Å². The summed E-state index contributed by atoms with van der Waals surface area (Å²) in [6, 6.07) is 0.929. The first-order chi connectivity index (χ1) is 7.45. The van der Waals surface area contributed by atoms with Crippen molar-refractivity contribution < 1.29 is 28.2 Å². The van der Waals surface area contributed by atoms with Crippen molar-refractivity contribution >= 4 is 24.6 Å². The molecule has 0 heterocycles. The third-order valence-electron chi connectivity index (χ3n) is 1.58. The molecule has 0 amide bonds. The van der Waals surface area contributed by atoms with Crippen LogP contribution >= 0.6 is 12.6 Å². The van der Waals surface area contributed by atoms with E-state index in [1.165, 1.54) is 0 Å². The van der Waals surface area contributed by atoms with Gasteiger partial charge in [0.25, 0.3) is 0 Å². The summed E-state index contributed by atoms with van der Waals surface area (Å²) in [5, 5.41) is 10.5. The topological polar surface area (TPSA) is 66.4 Å². The van der Waals surface area contributed by atoms with Gasteiger partial charge in [-0.25, -0.2) is 8.78 Å². The van der Waals surface area contributed by atoms with Crippen LogP contribution in [0.4, 0.5) is 8.78 Å². The fraction of sp³-hybridized carbons (Fsp3) is 0.111. The quantitative estimate of drug-likeness (QED) is 0.469. The minimum Gasteiger partial charge on any atom is -0.545 e. The van der Waals surface area contributed by atoms with Crippen LogP contribution in [0.25, 0.3) is 0 Å². The number of halogens is 2. The highest BCUT2D eigenvalue weighted by Crippen LogP contribution is 2.23. The van der Waals surface area contributed by atoms with E-state index in [1.807, 2.05) is 0 Å². The molecule has 0 unspecified atom stereocenters. The second-order valence-corrected chi connectivity index (χ2v) is 3.00. The zero-order valence-corrected chi connectivity index (χ0v) is 8.59. The van der Waals surface area contributed by atoms with Crippen LogP contribution in [0.15, 0.2) is 12.1 Å². The van der Waals surface area contributed by atoms with Gasteiger partial charge < -0.3 is 14.6 Å². The highest BCUT2D eigenvalue weighted by atomic mass is 32.1. The van der Waals surface area contributed by atoms with Gasteiger partial charge in [0.15, 0.2) is 0 Å². The molecule has 1 aromatic carbocycles. The summed E-state index contributed by atoms with van der Waals surface area (Å²) in [5.74, 6) is -6.37. The number of hydrogen-bond donors (Lipinski definition) is 1. The van der Waals surface area contributed by atoms with E-state index in [9.17, 15) is 23.5 Å². The van der Waals surface area contributed by atoms with Gasteiger partial charge in [-0.3, -0.25) is 4.79 Å². The van der Waals surface area contributed by atoms with Crippen molar-refractivity contribution in [2.75, 3.05) is 5.75 Å². The third-order valence-corrected chi connectivity index (χ3v) is 1.83. The molecule has 0 aliphatic heterocycles. The molecule has 86 valence electrons. The van der Waals surface area contributed by atoms with E-state index < -0.39 is 34.9 Å². The second-order valence-electron chi connectivity index (χ2n) is 2.68. The van der Waals surface area contributed by atoms with Gasteiger partial charge in [-0.15, -0.1) is 0 Å². The molecule has 1 rings (SSSR count). The van der Waals surface area contributed by atoms with Gasteiger partial charge in [-0.1, -0.05) is 0 Å². The van der Waals surface area contributed by atoms with Crippen LogP contribution in [0, 0.1) is 11.6 Å². The Balaban J connectivity index is 3.24. The van der Waals surface area contributed by atoms with Gasteiger partial charge in [0.05, 0.1) is 17.3 Å². The van der Waals surface area contributed by atoms with Crippen molar-refractivity contribution in [2.24, 2.45) is 0 Å². The fourth-order valence-corrected chi connectivity index (χ4v) is 1.05. The molecule has 0 aromatic heterocycles. The Hall–Kier alpha value is -1.63. The molecule has 0 saturated heterocycles. The summed E-state index contributed by atoms with van der Waals surface area (Å²) in [6.07, 6.45) is 0. The molecule has 7 heteroatoms. The van der Waals surface area contributed by atoms with Gasteiger partial charge in [-0.2, -0.15) is 12.6 Å². The number of carboxylic acids is 1. The largest absolute Gasteiger partial charge is 0.545 e. The molecular formula is C9H5F2O4S-. The van der Waals surface area contributed by atoms with Gasteiger partial charge in [-0.05, 0) is 0 Å². The first-order valence-electron chi connectivity index (χ1n) is 3.97. The Labute approximate surface area is 94.2 Å². The number of aromatic carboxylic acids is 1. The van der Waals surface area contributed by atoms with Gasteiger partial charge in [0, 0.05) is 12.1 Å². The molecule has 1 aromatic rings. The predicted octanol–water partition coefficient (Wildman–Crippen LogP) is 0.164. The maximum atomic E-state index is 13.0. The smallest absolute Gasteiger partial charge is 0.321 e. The minimum atomic E-state index is -1.90. The maximum Gasteiger partial charge on any atom is 0.321 e. The molecule has 0 atom stereocenters. The number of esters is 1. The standard InChI is InChI=1S/C9H6F2O4S/c10-4-1-5(11)8(9(13)14)6(2-4)15-7(12)3-16/h1-2,16H,3H2,(H,13,14)/p-1. The Bertz CT molecular complexity index is 447. The number of carbonyl (C=O) groups excluding carboxylic acids is 2. The number of carbonyl (C=O) groups is 2. The van der Waals surface area contributed by atoms with Crippen LogP contribution in [0.1, 0.15) is 10.4 Å². The molecular weight excluding hydrogens is 242 g/mol. The highest BCUT2D eigenvalue weighted by molar-refractivity contribution is 7.81. The number of carboxylic acid groups (broad SMARTS) is 1. The lowest BCUT2D eigenvalue weighted by Crippen LogP contribution is -2.25. The molecule has 0 spiro atoms. The average molecular weight is 247 g/mol. The molecule has 0 radical (unpaired) electrons. The van der Waals surface area contributed by atoms with E-state index in [2.05, 4.69) is 17.4 Å². The fourth-order valence-electron chi connectivity index (χ4n) is 0.983. The Morgan fingerprint density at radius 1 is 1.38 bits per heavy atom. The molecule has 0 fully saturated rings. The van der Waals surface area contributed by atoms with Crippen molar-refractivity contribution in [3.8, 4) is 5.75 Å². The predicted molar refractivity (Wildman–Crippen MR) is 50.2 cm³/mol. The molecule has 16 heavy (non-hydrogen) atoms. The summed E-state index contributed by atoms with van der Waals surface area (Å²) < 4.78 is 30.2. The van der Waals surface area contributed by atoms with Crippen LogP contribution in [0.3, 0.4) is 0 Å². The zero-order valence-electron chi connectivity index (χ0n) is 7.70. The Kier molecular flexibility index (Phi) is 3.83. The molecule has 0 aliphatic rings. The van der Waals surface area contributed by atoms with Gasteiger partial charge in [0.1, 0.15) is 17.4 Å². The number of rotatable bonds is 3. The number of hydrogen-bond acceptors (Lipinski definition) is 5. The lowest BCUT2D eigenvalue weighted by atomic mass is 10.2. The van der Waals surface area contributed by atoms with Crippen molar-refractivity contribution in [1.29, 1.82) is 0 Å². The Morgan fingerprint density at radius 2 is 2.00 bits per heavy atom. The highest BCUT2D eigenvalue weighted by Gasteiger charge is 2.15. The molecule has 0 N–H and O–H groups in total. The minimum absolute atomic E-state index is 0.350. The van der Waals surface area contributed by atoms with Crippen LogP contribution in [-0.2, 0) is 4.79 Å². The monoisotopic (exact) mass is 247 g/mol. The zero-order chi connectivity index (χ0) is 12.3. The molecule has 0 saturated carbocycles. The van der Waals surface area contributed by atoms with Crippen molar-refractivity contribution in [3.05, 3.63) is 29.3 Å². The maximum absolute atomic E-state index is 13.0. The van der Waals surface area contributed by atoms with Crippen molar-refractivity contribution in [1.82, 2.24) is 0 Å². The molecule has 0 aliphatic carbocycles. The molecule has 4 nitrogen and oxygen atoms in total. The summed E-state index contributed by atoms with van der Waals surface area (Å²) in [5.41, 5.74) is -1.00. The number of benzene rings is 1. The van der Waals surface area contributed by atoms with Crippen LogP contribution in [0.2, 0.25) is 0 Å². The summed E-state index contributed by atoms with van der Waals surface area (Å²) in [7, 11) is 0. The SMILES string of the molecule is O=C(CS)Oc1cc(F)cc(F)c1C(=O)[O-]. The van der Waals surface area contributed by atoms with E-state index in [0.717, 1.165) is 0 Å². The van der Waals surface area contributed by atoms with E-state index >= 15 is 0 Å². The number of thiol groups is 1. The number of ether oxygens (including phenoxy) is 1. The van der Waals surface area contributed by atoms with E-state index in [-0.39, 0.29) is 5.75 Å². The second kappa shape index (κ2) is 4.93. The van der Waals surface area contributed by atoms with Crippen molar-refractivity contribution in [2.45, 2.75) is 0 Å². The molecule has 0 bridgehead atoms. The van der Waals surface area contributed by atoms with Crippen LogP contribution < -0.4 is 9.84 Å². The summed E-state index contributed by atoms with van der Waals surface area (Å²) >= 11 is 3.56. The van der Waals surface area contributed by atoms with Crippen molar-refractivity contribution in [3.63, 3.8) is 0 Å². The average Bonchev–Trinajstić information content (AvgIpc) is 2.15. The van der Waals surface area contributed by atoms with E-state index in [1.54, 1.807) is 0 Å². The lowest BCUT2D eigenvalue weighted by Gasteiger charge is -2.11. The Morgan fingerprint density at radius 3 is 2.50 bits per heavy atom. The normalized spacial score (nSPS) is 9.94. The lowest BCUT2D eigenvalue weighted by molar-refractivity contribution is -0.255. The summed E-state index contributed by atoms with van der Waals surface area (Å²) in [6.45, 7) is 0. The first kappa shape index (κ1) is 12.4. The van der Waals surface area contributed by atoms with Crippen LogP contribution in [0.5, 0.6) is 5.75 Å². The van der Waals surface area contributed by atoms with E-state index in [0.29, 0.717) is 12.1 Å².